The number of aliphatic hydroxyl groups excluding tert-OH is 4. The third-order valence-electron chi connectivity index (χ3n) is 6.27. The molecular weight excluding hydrogens is 488 g/mol. The number of hydrogen-bond acceptors (Lipinski definition) is 10. The highest BCUT2D eigenvalue weighted by Crippen LogP contribution is 2.43. The number of hydrogen-bond donors (Lipinski definition) is 6. The maximum atomic E-state index is 12.2. The fourth-order valence-electron chi connectivity index (χ4n) is 4.44. The molecule has 1 saturated heterocycles. The second kappa shape index (κ2) is 9.47. The summed E-state index contributed by atoms with van der Waals surface area (Å²) in [6.45, 7) is -0.645. The predicted octanol–water partition coefficient (Wildman–Crippen LogP) is 1.15. The van der Waals surface area contributed by atoms with Crippen LogP contribution in [0.1, 0.15) is 10.4 Å². The first-order valence-electron chi connectivity index (χ1n) is 11.2. The third-order valence-corrected chi connectivity index (χ3v) is 6.27. The lowest BCUT2D eigenvalue weighted by molar-refractivity contribution is -0.277. The van der Waals surface area contributed by atoms with Gasteiger partial charge in [-0.05, 0) is 42.5 Å². The summed E-state index contributed by atoms with van der Waals surface area (Å²) in [7, 11) is 0. The topological polar surface area (TPSA) is 187 Å². The predicted molar refractivity (Wildman–Crippen MR) is 128 cm³/mol. The Morgan fingerprint density at radius 3 is 2.43 bits per heavy atom. The van der Waals surface area contributed by atoms with Crippen LogP contribution >= 0.6 is 0 Å². The molecule has 5 rings (SSSR count). The SMILES string of the molecule is O=C(O)c1ccc(O[C@H]2O[C@H](CO)[C@H](O)[C@H](O)[C@H]2O)cc1-c1c2ccc(=O)cc-2oc2cc(O)ccc12. The molecule has 2 aliphatic heterocycles. The number of fused-ring (bicyclic) bond motifs is 2. The van der Waals surface area contributed by atoms with Crippen molar-refractivity contribution in [2.24, 2.45) is 0 Å². The van der Waals surface area contributed by atoms with E-state index in [2.05, 4.69) is 0 Å². The van der Waals surface area contributed by atoms with Crippen molar-refractivity contribution >= 4 is 16.9 Å². The molecule has 6 N–H and O–H groups in total. The van der Waals surface area contributed by atoms with Crippen molar-refractivity contribution in [2.75, 3.05) is 6.61 Å². The molecule has 0 radical (unpaired) electrons. The van der Waals surface area contributed by atoms with Crippen LogP contribution in [0.25, 0.3) is 33.4 Å². The second-order valence-corrected chi connectivity index (χ2v) is 8.64. The summed E-state index contributed by atoms with van der Waals surface area (Å²) in [5, 5.41) is 60.2. The second-order valence-electron chi connectivity index (χ2n) is 8.64. The Hall–Kier alpha value is -4.00. The standard InChI is InChI=1S/C26H22O11/c27-10-20-22(30)23(31)24(32)26(37-20)35-13-3-6-14(25(33)34)17(9-13)21-15-4-1-11(28)7-18(15)36-19-8-12(29)2-5-16(19)21/h1-9,20,22-24,26-28,30-32H,10H2,(H,33,34)/t20-,22+,23+,24-,26+/m1/s1. The van der Waals surface area contributed by atoms with Crippen molar-refractivity contribution in [3.63, 3.8) is 0 Å². The van der Waals surface area contributed by atoms with Gasteiger partial charge in [0.1, 0.15) is 47.3 Å². The highest BCUT2D eigenvalue weighted by atomic mass is 16.7. The first kappa shape index (κ1) is 24.7. The third kappa shape index (κ3) is 4.39. The summed E-state index contributed by atoms with van der Waals surface area (Å²) in [4.78, 5) is 24.2. The number of carboxylic acids is 1. The monoisotopic (exact) mass is 510 g/mol. The normalized spacial score (nSPS) is 23.8. The Morgan fingerprint density at radius 2 is 1.70 bits per heavy atom. The van der Waals surface area contributed by atoms with E-state index < -0.39 is 43.3 Å². The van der Waals surface area contributed by atoms with Crippen LogP contribution in [-0.2, 0) is 4.74 Å². The zero-order chi connectivity index (χ0) is 26.4. The number of phenols is 1. The molecule has 0 spiro atoms. The van der Waals surface area contributed by atoms with E-state index in [9.17, 15) is 40.2 Å². The van der Waals surface area contributed by atoms with E-state index in [1.165, 1.54) is 48.5 Å². The highest BCUT2D eigenvalue weighted by Gasteiger charge is 2.44. The minimum atomic E-state index is -1.67. The summed E-state index contributed by atoms with van der Waals surface area (Å²) in [5.74, 6) is -1.14. The van der Waals surface area contributed by atoms with Gasteiger partial charge in [-0.2, -0.15) is 0 Å². The number of carboxylic acid groups (broad SMARTS) is 1. The highest BCUT2D eigenvalue weighted by molar-refractivity contribution is 6.07. The largest absolute Gasteiger partial charge is 0.508 e. The van der Waals surface area contributed by atoms with Crippen LogP contribution in [0.2, 0.25) is 0 Å². The van der Waals surface area contributed by atoms with E-state index in [0.29, 0.717) is 16.5 Å². The van der Waals surface area contributed by atoms with Gasteiger partial charge in [0.15, 0.2) is 5.43 Å². The molecule has 2 aromatic carbocycles. The lowest BCUT2D eigenvalue weighted by atomic mass is 9.90. The zero-order valence-corrected chi connectivity index (χ0v) is 19.0. The van der Waals surface area contributed by atoms with Crippen molar-refractivity contribution in [2.45, 2.75) is 30.7 Å². The van der Waals surface area contributed by atoms with Gasteiger partial charge < -0.3 is 44.5 Å². The van der Waals surface area contributed by atoms with E-state index >= 15 is 0 Å². The van der Waals surface area contributed by atoms with E-state index in [4.69, 9.17) is 13.9 Å². The van der Waals surface area contributed by atoms with Crippen molar-refractivity contribution in [1.29, 1.82) is 0 Å². The van der Waals surface area contributed by atoms with Crippen molar-refractivity contribution in [3.8, 4) is 33.9 Å². The zero-order valence-electron chi connectivity index (χ0n) is 19.0. The first-order valence-corrected chi connectivity index (χ1v) is 11.2. The van der Waals surface area contributed by atoms with Gasteiger partial charge >= 0.3 is 5.97 Å². The molecule has 0 saturated carbocycles. The summed E-state index contributed by atoms with van der Waals surface area (Å²) in [5.41, 5.74) is 0.724. The Balaban J connectivity index is 1.68. The molecule has 11 heteroatoms. The Labute approximate surface area is 208 Å². The number of aromatic hydroxyl groups is 1. The summed E-state index contributed by atoms with van der Waals surface area (Å²) < 4.78 is 16.9. The van der Waals surface area contributed by atoms with Crippen LogP contribution in [0, 0.1) is 0 Å². The number of aromatic carboxylic acids is 1. The summed E-state index contributed by atoms with van der Waals surface area (Å²) in [6, 6.07) is 12.3. The molecule has 0 unspecified atom stereocenters. The number of ether oxygens (including phenoxy) is 2. The number of phenolic OH excluding ortho intramolecular Hbond substituents is 1. The minimum absolute atomic E-state index is 0.0469. The number of aliphatic hydroxyl groups is 4. The Kier molecular flexibility index (Phi) is 6.31. The molecule has 3 aliphatic rings. The molecule has 37 heavy (non-hydrogen) atoms. The van der Waals surface area contributed by atoms with E-state index in [-0.39, 0.29) is 39.4 Å². The molecule has 11 nitrogen and oxygen atoms in total. The van der Waals surface area contributed by atoms with Crippen molar-refractivity contribution in [1.82, 2.24) is 0 Å². The average molecular weight is 510 g/mol. The van der Waals surface area contributed by atoms with E-state index in [1.54, 1.807) is 6.07 Å². The van der Waals surface area contributed by atoms with Gasteiger partial charge in [0.2, 0.25) is 6.29 Å². The average Bonchev–Trinajstić information content (AvgIpc) is 2.87. The van der Waals surface area contributed by atoms with E-state index in [0.717, 1.165) is 0 Å². The number of rotatable bonds is 5. The molecule has 0 aromatic heterocycles. The smallest absolute Gasteiger partial charge is 0.336 e. The van der Waals surface area contributed by atoms with Crippen LogP contribution < -0.4 is 10.2 Å². The van der Waals surface area contributed by atoms with E-state index in [1.807, 2.05) is 0 Å². The molecule has 192 valence electrons. The van der Waals surface area contributed by atoms with Gasteiger partial charge in [0, 0.05) is 34.2 Å². The number of carbonyl (C=O) groups is 1. The number of benzene rings is 3. The maximum Gasteiger partial charge on any atom is 0.336 e. The fraction of sp³-hybridized carbons (Fsp3) is 0.231. The molecule has 0 bridgehead atoms. The molecule has 2 heterocycles. The summed E-state index contributed by atoms with van der Waals surface area (Å²) >= 11 is 0. The Bertz CT molecular complexity index is 1510. The molecule has 5 atom stereocenters. The lowest BCUT2D eigenvalue weighted by Gasteiger charge is -2.39. The van der Waals surface area contributed by atoms with Gasteiger partial charge in [0.25, 0.3) is 0 Å². The van der Waals surface area contributed by atoms with Gasteiger partial charge in [0.05, 0.1) is 12.2 Å². The lowest BCUT2D eigenvalue weighted by Crippen LogP contribution is -2.60. The van der Waals surface area contributed by atoms with Crippen LogP contribution in [0.5, 0.6) is 11.5 Å². The maximum absolute atomic E-state index is 12.2. The van der Waals surface area contributed by atoms with Crippen molar-refractivity contribution < 1.29 is 49.3 Å². The van der Waals surface area contributed by atoms with Crippen LogP contribution in [0.15, 0.2) is 63.8 Å². The molecule has 0 amide bonds. The van der Waals surface area contributed by atoms with Gasteiger partial charge in [-0.3, -0.25) is 4.79 Å². The van der Waals surface area contributed by atoms with Gasteiger partial charge in [-0.1, -0.05) is 0 Å². The van der Waals surface area contributed by atoms with Crippen molar-refractivity contribution in [3.05, 3.63) is 70.4 Å². The first-order chi connectivity index (χ1) is 17.7. The van der Waals surface area contributed by atoms with Crippen LogP contribution in [-0.4, -0.2) is 73.9 Å². The van der Waals surface area contributed by atoms with Crippen LogP contribution in [0.4, 0.5) is 0 Å². The molecule has 2 aromatic rings. The van der Waals surface area contributed by atoms with Gasteiger partial charge in [-0.15, -0.1) is 0 Å². The molecule has 1 fully saturated rings. The van der Waals surface area contributed by atoms with Gasteiger partial charge in [-0.25, -0.2) is 4.79 Å². The van der Waals surface area contributed by atoms with Crippen LogP contribution in [0.3, 0.4) is 0 Å². The molecular formula is C26H22O11. The summed E-state index contributed by atoms with van der Waals surface area (Å²) in [6.07, 6.45) is -7.59. The minimum Gasteiger partial charge on any atom is -0.508 e. The quantitative estimate of drug-likeness (QED) is 0.211. The fourth-order valence-corrected chi connectivity index (χ4v) is 4.44. The Morgan fingerprint density at radius 1 is 0.919 bits per heavy atom. The molecule has 1 aliphatic carbocycles.